The predicted octanol–water partition coefficient (Wildman–Crippen LogP) is 2.28. The SMILES string of the molecule is CCCC(C)NC(CC)(CC)CN. The van der Waals surface area contributed by atoms with Crippen LogP contribution in [0.2, 0.25) is 0 Å². The molecule has 0 saturated heterocycles. The molecular weight excluding hydrogens is 160 g/mol. The lowest BCUT2D eigenvalue weighted by Gasteiger charge is -2.34. The summed E-state index contributed by atoms with van der Waals surface area (Å²) in [4.78, 5) is 0. The van der Waals surface area contributed by atoms with E-state index in [1.54, 1.807) is 0 Å². The zero-order valence-electron chi connectivity index (χ0n) is 9.69. The quantitative estimate of drug-likeness (QED) is 0.640. The third-order valence-corrected chi connectivity index (χ3v) is 3.02. The summed E-state index contributed by atoms with van der Waals surface area (Å²) in [5, 5.41) is 3.66. The van der Waals surface area contributed by atoms with Crippen molar-refractivity contribution in [1.82, 2.24) is 5.32 Å². The van der Waals surface area contributed by atoms with Gasteiger partial charge in [-0.2, -0.15) is 0 Å². The Balaban J connectivity index is 4.07. The first-order chi connectivity index (χ1) is 6.14. The molecule has 0 aliphatic heterocycles. The van der Waals surface area contributed by atoms with E-state index in [-0.39, 0.29) is 5.54 Å². The van der Waals surface area contributed by atoms with Crippen LogP contribution in [0.15, 0.2) is 0 Å². The molecule has 0 rings (SSSR count). The van der Waals surface area contributed by atoms with Gasteiger partial charge in [0.2, 0.25) is 0 Å². The molecule has 0 aromatic carbocycles. The highest BCUT2D eigenvalue weighted by molar-refractivity contribution is 4.88. The molecule has 0 aromatic heterocycles. The highest BCUT2D eigenvalue weighted by Crippen LogP contribution is 2.15. The third-order valence-electron chi connectivity index (χ3n) is 3.02. The Hall–Kier alpha value is -0.0800. The maximum Gasteiger partial charge on any atom is 0.0301 e. The summed E-state index contributed by atoms with van der Waals surface area (Å²) in [7, 11) is 0. The van der Waals surface area contributed by atoms with E-state index in [9.17, 15) is 0 Å². The van der Waals surface area contributed by atoms with E-state index < -0.39 is 0 Å². The van der Waals surface area contributed by atoms with Gasteiger partial charge in [-0.1, -0.05) is 27.2 Å². The van der Waals surface area contributed by atoms with Gasteiger partial charge in [-0.15, -0.1) is 0 Å². The Kier molecular flexibility index (Phi) is 6.35. The van der Waals surface area contributed by atoms with Gasteiger partial charge in [0.05, 0.1) is 0 Å². The van der Waals surface area contributed by atoms with Crippen LogP contribution in [0.4, 0.5) is 0 Å². The number of hydrogen-bond donors (Lipinski definition) is 2. The van der Waals surface area contributed by atoms with E-state index in [4.69, 9.17) is 5.73 Å². The molecule has 0 bridgehead atoms. The van der Waals surface area contributed by atoms with Crippen molar-refractivity contribution in [3.63, 3.8) is 0 Å². The Morgan fingerprint density at radius 3 is 2.08 bits per heavy atom. The van der Waals surface area contributed by atoms with Crippen LogP contribution in [0.3, 0.4) is 0 Å². The highest BCUT2D eigenvalue weighted by atomic mass is 15.0. The van der Waals surface area contributed by atoms with Crippen LogP contribution < -0.4 is 11.1 Å². The van der Waals surface area contributed by atoms with Gasteiger partial charge >= 0.3 is 0 Å². The first-order valence-corrected chi connectivity index (χ1v) is 5.61. The van der Waals surface area contributed by atoms with E-state index in [0.717, 1.165) is 19.4 Å². The molecule has 1 atom stereocenters. The number of nitrogens with one attached hydrogen (secondary N) is 1. The summed E-state index contributed by atoms with van der Waals surface area (Å²) >= 11 is 0. The van der Waals surface area contributed by atoms with Crippen LogP contribution in [-0.4, -0.2) is 18.1 Å². The molecule has 0 amide bonds. The Bertz CT molecular complexity index is 111. The van der Waals surface area contributed by atoms with Crippen molar-refractivity contribution >= 4 is 0 Å². The largest absolute Gasteiger partial charge is 0.329 e. The molecule has 0 spiro atoms. The molecule has 13 heavy (non-hydrogen) atoms. The van der Waals surface area contributed by atoms with Gasteiger partial charge in [-0.3, -0.25) is 0 Å². The topological polar surface area (TPSA) is 38.0 Å². The normalized spacial score (nSPS) is 14.5. The van der Waals surface area contributed by atoms with E-state index in [1.165, 1.54) is 12.8 Å². The minimum absolute atomic E-state index is 0.175. The lowest BCUT2D eigenvalue weighted by Crippen LogP contribution is -2.53. The van der Waals surface area contributed by atoms with Crippen LogP contribution in [0.1, 0.15) is 53.4 Å². The van der Waals surface area contributed by atoms with Crippen molar-refractivity contribution in [2.45, 2.75) is 65.0 Å². The number of nitrogens with two attached hydrogens (primary N) is 1. The first kappa shape index (κ1) is 12.9. The maximum absolute atomic E-state index is 5.81. The number of rotatable bonds is 7. The van der Waals surface area contributed by atoms with E-state index >= 15 is 0 Å². The Labute approximate surface area is 83.3 Å². The third kappa shape index (κ3) is 4.10. The van der Waals surface area contributed by atoms with Gasteiger partial charge in [0.1, 0.15) is 0 Å². The van der Waals surface area contributed by atoms with Crippen molar-refractivity contribution in [2.75, 3.05) is 6.54 Å². The first-order valence-electron chi connectivity index (χ1n) is 5.61. The monoisotopic (exact) mass is 186 g/mol. The summed E-state index contributed by atoms with van der Waals surface area (Å²) in [6, 6.07) is 0.591. The fraction of sp³-hybridized carbons (Fsp3) is 1.00. The molecule has 0 aliphatic carbocycles. The van der Waals surface area contributed by atoms with Crippen molar-refractivity contribution in [2.24, 2.45) is 5.73 Å². The highest BCUT2D eigenvalue weighted by Gasteiger charge is 2.24. The van der Waals surface area contributed by atoms with Gasteiger partial charge in [-0.05, 0) is 26.2 Å². The molecule has 80 valence electrons. The maximum atomic E-state index is 5.81. The molecule has 0 aliphatic rings. The van der Waals surface area contributed by atoms with Gasteiger partial charge in [0, 0.05) is 18.1 Å². The summed E-state index contributed by atoms with van der Waals surface area (Å²) < 4.78 is 0. The van der Waals surface area contributed by atoms with Crippen molar-refractivity contribution < 1.29 is 0 Å². The molecular formula is C11H26N2. The van der Waals surface area contributed by atoms with Crippen LogP contribution in [0.25, 0.3) is 0 Å². The lowest BCUT2D eigenvalue weighted by molar-refractivity contribution is 0.271. The summed E-state index contributed by atoms with van der Waals surface area (Å²) in [6.07, 6.45) is 4.71. The second-order valence-electron chi connectivity index (χ2n) is 4.03. The predicted molar refractivity (Wildman–Crippen MR) is 59.9 cm³/mol. The summed E-state index contributed by atoms with van der Waals surface area (Å²) in [5.74, 6) is 0. The lowest BCUT2D eigenvalue weighted by atomic mass is 9.91. The van der Waals surface area contributed by atoms with Gasteiger partial charge in [0.25, 0.3) is 0 Å². The molecule has 3 N–H and O–H groups in total. The summed E-state index contributed by atoms with van der Waals surface area (Å²) in [5.41, 5.74) is 5.99. The second kappa shape index (κ2) is 6.39. The Morgan fingerprint density at radius 1 is 1.23 bits per heavy atom. The molecule has 0 aromatic rings. The van der Waals surface area contributed by atoms with Crippen LogP contribution in [0, 0.1) is 0 Å². The standard InChI is InChI=1S/C11H26N2/c1-5-8-10(4)13-11(6-2,7-3)9-12/h10,13H,5-9,12H2,1-4H3. The molecule has 2 heteroatoms. The average molecular weight is 186 g/mol. The molecule has 0 fully saturated rings. The minimum Gasteiger partial charge on any atom is -0.329 e. The Morgan fingerprint density at radius 2 is 1.77 bits per heavy atom. The zero-order valence-corrected chi connectivity index (χ0v) is 9.69. The van der Waals surface area contributed by atoms with Crippen LogP contribution in [-0.2, 0) is 0 Å². The fourth-order valence-electron chi connectivity index (χ4n) is 1.83. The fourth-order valence-corrected chi connectivity index (χ4v) is 1.83. The molecule has 0 radical (unpaired) electrons. The van der Waals surface area contributed by atoms with Crippen molar-refractivity contribution in [3.05, 3.63) is 0 Å². The van der Waals surface area contributed by atoms with Crippen molar-refractivity contribution in [1.29, 1.82) is 0 Å². The van der Waals surface area contributed by atoms with Gasteiger partial charge in [0.15, 0.2) is 0 Å². The van der Waals surface area contributed by atoms with E-state index in [2.05, 4.69) is 33.0 Å². The molecule has 1 unspecified atom stereocenters. The smallest absolute Gasteiger partial charge is 0.0301 e. The zero-order chi connectivity index (χ0) is 10.3. The molecule has 0 heterocycles. The van der Waals surface area contributed by atoms with Gasteiger partial charge < -0.3 is 11.1 Å². The van der Waals surface area contributed by atoms with E-state index in [1.807, 2.05) is 0 Å². The van der Waals surface area contributed by atoms with Crippen LogP contribution in [0.5, 0.6) is 0 Å². The number of hydrogen-bond acceptors (Lipinski definition) is 2. The van der Waals surface area contributed by atoms with Crippen LogP contribution >= 0.6 is 0 Å². The summed E-state index contributed by atoms with van der Waals surface area (Å²) in [6.45, 7) is 9.64. The second-order valence-corrected chi connectivity index (χ2v) is 4.03. The average Bonchev–Trinajstić information content (AvgIpc) is 2.15. The van der Waals surface area contributed by atoms with E-state index in [0.29, 0.717) is 6.04 Å². The molecule has 2 nitrogen and oxygen atoms in total. The minimum atomic E-state index is 0.175. The van der Waals surface area contributed by atoms with Crippen molar-refractivity contribution in [3.8, 4) is 0 Å². The van der Waals surface area contributed by atoms with Gasteiger partial charge in [-0.25, -0.2) is 0 Å². The molecule has 0 saturated carbocycles.